The van der Waals surface area contributed by atoms with Crippen LogP contribution in [0.4, 0.5) is 0 Å². The standard InChI is InChI=1S/C17H29N3O/c1-4-18-13-16-6-5-7-17(12-16)21-11-10-20-9-8-19(3)15(2)14-20/h5-7,12,15,18H,4,8-11,13-14H2,1-3H3. The Kier molecular flexibility index (Phi) is 6.49. The Morgan fingerprint density at radius 1 is 1.33 bits per heavy atom. The maximum Gasteiger partial charge on any atom is 0.119 e. The molecule has 118 valence electrons. The molecule has 1 saturated heterocycles. The van der Waals surface area contributed by atoms with Crippen molar-refractivity contribution in [1.82, 2.24) is 15.1 Å². The summed E-state index contributed by atoms with van der Waals surface area (Å²) in [6, 6.07) is 9.02. The third-order valence-electron chi connectivity index (χ3n) is 4.20. The average molecular weight is 291 g/mol. The summed E-state index contributed by atoms with van der Waals surface area (Å²) in [5.74, 6) is 0.979. The van der Waals surface area contributed by atoms with E-state index in [0.717, 1.165) is 51.6 Å². The van der Waals surface area contributed by atoms with Crippen LogP contribution in [0.3, 0.4) is 0 Å². The minimum Gasteiger partial charge on any atom is -0.492 e. The molecule has 0 saturated carbocycles. The van der Waals surface area contributed by atoms with E-state index in [1.54, 1.807) is 0 Å². The zero-order valence-electron chi connectivity index (χ0n) is 13.6. The topological polar surface area (TPSA) is 27.7 Å². The quantitative estimate of drug-likeness (QED) is 0.829. The van der Waals surface area contributed by atoms with Crippen LogP contribution in [0.25, 0.3) is 0 Å². The van der Waals surface area contributed by atoms with Gasteiger partial charge in [-0.1, -0.05) is 19.1 Å². The van der Waals surface area contributed by atoms with E-state index < -0.39 is 0 Å². The second kappa shape index (κ2) is 8.37. The summed E-state index contributed by atoms with van der Waals surface area (Å²) in [4.78, 5) is 4.91. The molecule has 4 nitrogen and oxygen atoms in total. The number of likely N-dealkylation sites (N-methyl/N-ethyl adjacent to an activating group) is 1. The molecule has 0 aromatic heterocycles. The predicted molar refractivity (Wildman–Crippen MR) is 87.8 cm³/mol. The number of benzene rings is 1. The highest BCUT2D eigenvalue weighted by molar-refractivity contribution is 5.28. The van der Waals surface area contributed by atoms with E-state index in [2.05, 4.69) is 54.2 Å². The van der Waals surface area contributed by atoms with Crippen LogP contribution in [0, 0.1) is 0 Å². The number of nitrogens with zero attached hydrogens (tertiary/aromatic N) is 2. The van der Waals surface area contributed by atoms with Gasteiger partial charge in [0, 0.05) is 38.8 Å². The molecule has 0 bridgehead atoms. The summed E-state index contributed by atoms with van der Waals surface area (Å²) in [6.07, 6.45) is 0. The third kappa shape index (κ3) is 5.30. The van der Waals surface area contributed by atoms with Gasteiger partial charge in [0.15, 0.2) is 0 Å². The Hall–Kier alpha value is -1.10. The minimum atomic E-state index is 0.641. The van der Waals surface area contributed by atoms with E-state index in [1.165, 1.54) is 5.56 Å². The molecular formula is C17H29N3O. The third-order valence-corrected chi connectivity index (χ3v) is 4.20. The monoisotopic (exact) mass is 291 g/mol. The van der Waals surface area contributed by atoms with Gasteiger partial charge in [0.1, 0.15) is 12.4 Å². The summed E-state index contributed by atoms with van der Waals surface area (Å²) >= 11 is 0. The molecule has 0 aliphatic carbocycles. The number of hydrogen-bond donors (Lipinski definition) is 1. The molecule has 1 aliphatic rings. The molecule has 0 radical (unpaired) electrons. The highest BCUT2D eigenvalue weighted by Crippen LogP contribution is 2.13. The number of rotatable bonds is 7. The number of hydrogen-bond acceptors (Lipinski definition) is 4. The Morgan fingerprint density at radius 3 is 2.95 bits per heavy atom. The molecule has 1 aromatic carbocycles. The molecule has 4 heteroatoms. The fraction of sp³-hybridized carbons (Fsp3) is 0.647. The van der Waals surface area contributed by atoms with Crippen LogP contribution in [0.2, 0.25) is 0 Å². The van der Waals surface area contributed by atoms with Crippen LogP contribution in [-0.2, 0) is 6.54 Å². The van der Waals surface area contributed by atoms with Crippen molar-refractivity contribution in [3.63, 3.8) is 0 Å². The second-order valence-electron chi connectivity index (χ2n) is 5.91. The van der Waals surface area contributed by atoms with Crippen LogP contribution in [0.1, 0.15) is 19.4 Å². The first-order valence-electron chi connectivity index (χ1n) is 8.04. The zero-order chi connectivity index (χ0) is 15.1. The first-order chi connectivity index (χ1) is 10.2. The van der Waals surface area contributed by atoms with E-state index in [9.17, 15) is 0 Å². The van der Waals surface area contributed by atoms with Crippen LogP contribution in [-0.4, -0.2) is 62.2 Å². The van der Waals surface area contributed by atoms with Gasteiger partial charge in [-0.25, -0.2) is 0 Å². The van der Waals surface area contributed by atoms with Crippen molar-refractivity contribution in [2.75, 3.05) is 46.4 Å². The SMILES string of the molecule is CCNCc1cccc(OCCN2CCN(C)C(C)C2)c1. The van der Waals surface area contributed by atoms with Gasteiger partial charge >= 0.3 is 0 Å². The maximum atomic E-state index is 5.91. The Bertz CT molecular complexity index is 424. The lowest BCUT2D eigenvalue weighted by Crippen LogP contribution is -2.50. The second-order valence-corrected chi connectivity index (χ2v) is 5.91. The normalized spacial score (nSPS) is 20.6. The molecule has 1 N–H and O–H groups in total. The molecule has 1 aromatic rings. The number of piperazine rings is 1. The highest BCUT2D eigenvalue weighted by atomic mass is 16.5. The van der Waals surface area contributed by atoms with Gasteiger partial charge in [0.05, 0.1) is 0 Å². The van der Waals surface area contributed by atoms with Crippen LogP contribution < -0.4 is 10.1 Å². The molecule has 1 fully saturated rings. The molecule has 0 spiro atoms. The van der Waals surface area contributed by atoms with Crippen LogP contribution in [0.15, 0.2) is 24.3 Å². The molecule has 0 amide bonds. The van der Waals surface area contributed by atoms with E-state index in [1.807, 2.05) is 6.07 Å². The first kappa shape index (κ1) is 16.3. The smallest absolute Gasteiger partial charge is 0.119 e. The van der Waals surface area contributed by atoms with Crippen molar-refractivity contribution < 1.29 is 4.74 Å². The fourth-order valence-corrected chi connectivity index (χ4v) is 2.63. The van der Waals surface area contributed by atoms with Crippen LogP contribution in [0.5, 0.6) is 5.75 Å². The Labute approximate surface area is 129 Å². The summed E-state index contributed by atoms with van der Waals surface area (Å²) in [5, 5.41) is 3.34. The Morgan fingerprint density at radius 2 is 2.19 bits per heavy atom. The summed E-state index contributed by atoms with van der Waals surface area (Å²) < 4.78 is 5.91. The van der Waals surface area contributed by atoms with Gasteiger partial charge in [-0.05, 0) is 38.2 Å². The van der Waals surface area contributed by atoms with Crippen LogP contribution >= 0.6 is 0 Å². The van der Waals surface area contributed by atoms with E-state index in [0.29, 0.717) is 6.04 Å². The lowest BCUT2D eigenvalue weighted by molar-refractivity contribution is 0.0928. The summed E-state index contributed by atoms with van der Waals surface area (Å²) in [5.41, 5.74) is 1.28. The first-order valence-corrected chi connectivity index (χ1v) is 8.04. The van der Waals surface area contributed by atoms with Crippen molar-refractivity contribution >= 4 is 0 Å². The zero-order valence-corrected chi connectivity index (χ0v) is 13.6. The van der Waals surface area contributed by atoms with Gasteiger partial charge in [-0.15, -0.1) is 0 Å². The van der Waals surface area contributed by atoms with Gasteiger partial charge in [-0.2, -0.15) is 0 Å². The molecule has 1 atom stereocenters. The molecule has 21 heavy (non-hydrogen) atoms. The number of ether oxygens (including phenoxy) is 1. The van der Waals surface area contributed by atoms with Gasteiger partial charge in [0.2, 0.25) is 0 Å². The number of nitrogens with one attached hydrogen (secondary N) is 1. The van der Waals surface area contributed by atoms with Crippen molar-refractivity contribution in [3.05, 3.63) is 29.8 Å². The van der Waals surface area contributed by atoms with E-state index in [4.69, 9.17) is 4.74 Å². The lowest BCUT2D eigenvalue weighted by Gasteiger charge is -2.37. The van der Waals surface area contributed by atoms with Crippen molar-refractivity contribution in [2.24, 2.45) is 0 Å². The molecule has 1 heterocycles. The van der Waals surface area contributed by atoms with Gasteiger partial charge in [-0.3, -0.25) is 4.90 Å². The molecule has 1 aliphatic heterocycles. The molecule has 2 rings (SSSR count). The maximum absolute atomic E-state index is 5.91. The van der Waals surface area contributed by atoms with E-state index in [-0.39, 0.29) is 0 Å². The lowest BCUT2D eigenvalue weighted by atomic mass is 10.2. The highest BCUT2D eigenvalue weighted by Gasteiger charge is 2.19. The molecular weight excluding hydrogens is 262 g/mol. The average Bonchev–Trinajstić information content (AvgIpc) is 2.49. The molecule has 1 unspecified atom stereocenters. The van der Waals surface area contributed by atoms with Gasteiger partial charge in [0.25, 0.3) is 0 Å². The van der Waals surface area contributed by atoms with Gasteiger partial charge < -0.3 is 15.0 Å². The fourth-order valence-electron chi connectivity index (χ4n) is 2.63. The summed E-state index contributed by atoms with van der Waals surface area (Å²) in [7, 11) is 2.20. The van der Waals surface area contributed by atoms with E-state index >= 15 is 0 Å². The minimum absolute atomic E-state index is 0.641. The van der Waals surface area contributed by atoms with Crippen molar-refractivity contribution in [1.29, 1.82) is 0 Å². The van der Waals surface area contributed by atoms with Crippen molar-refractivity contribution in [3.8, 4) is 5.75 Å². The Balaban J connectivity index is 1.73. The van der Waals surface area contributed by atoms with Crippen molar-refractivity contribution in [2.45, 2.75) is 26.4 Å². The largest absolute Gasteiger partial charge is 0.492 e. The summed E-state index contributed by atoms with van der Waals surface area (Å²) in [6.45, 7) is 11.5. The predicted octanol–water partition coefficient (Wildman–Crippen LogP) is 1.81.